The van der Waals surface area contributed by atoms with Crippen LogP contribution in [-0.4, -0.2) is 40.0 Å². The molecule has 0 aliphatic carbocycles. The summed E-state index contributed by atoms with van der Waals surface area (Å²) in [5.41, 5.74) is 0. The Morgan fingerprint density at radius 1 is 1.13 bits per heavy atom. The molecular formula is C8H12O7. The maximum Gasteiger partial charge on any atom is 0.371 e. The third-order valence-corrected chi connectivity index (χ3v) is 0.887. The number of ketones is 1. The maximum atomic E-state index is 10.3. The fourth-order valence-electron chi connectivity index (χ4n) is 0.227. The minimum absolute atomic E-state index is 0.707. The van der Waals surface area contributed by atoms with Crippen molar-refractivity contribution in [1.29, 1.82) is 0 Å². The molecule has 86 valence electrons. The van der Waals surface area contributed by atoms with Crippen LogP contribution in [-0.2, 0) is 23.9 Å². The molecule has 0 spiro atoms. The monoisotopic (exact) mass is 220 g/mol. The highest BCUT2D eigenvalue weighted by Gasteiger charge is 2.11. The molecule has 1 unspecified atom stereocenters. The molecular weight excluding hydrogens is 208 g/mol. The summed E-state index contributed by atoms with van der Waals surface area (Å²) in [6.07, 6.45) is -1.23. The first kappa shape index (κ1) is 15.7. The Labute approximate surface area is 85.6 Å². The predicted octanol–water partition coefficient (Wildman–Crippen LogP) is -0.883. The van der Waals surface area contributed by atoms with E-state index in [9.17, 15) is 19.2 Å². The minimum Gasteiger partial charge on any atom is -0.476 e. The van der Waals surface area contributed by atoms with Crippen LogP contribution >= 0.6 is 0 Å². The van der Waals surface area contributed by atoms with Crippen LogP contribution in [0.5, 0.6) is 0 Å². The molecule has 0 radical (unpaired) electrons. The standard InChI is InChI=1S/C5H8O4.C3H4O3/c1-3(6)5(8)9-4(2)7;1-2(4)3(5)6/h3,6H,1-2H3;1H3,(H,5,6). The number of carbonyl (C=O) groups excluding carboxylic acids is 3. The summed E-state index contributed by atoms with van der Waals surface area (Å²) >= 11 is 0. The topological polar surface area (TPSA) is 118 Å². The van der Waals surface area contributed by atoms with Crippen LogP contribution in [0.1, 0.15) is 20.8 Å². The molecule has 0 amide bonds. The zero-order chi connectivity index (χ0) is 12.6. The van der Waals surface area contributed by atoms with Crippen LogP contribution in [0.4, 0.5) is 0 Å². The first-order chi connectivity index (χ1) is 6.68. The first-order valence-electron chi connectivity index (χ1n) is 3.82. The van der Waals surface area contributed by atoms with Gasteiger partial charge in [-0.15, -0.1) is 0 Å². The first-order valence-corrected chi connectivity index (χ1v) is 3.82. The molecule has 7 heteroatoms. The highest BCUT2D eigenvalue weighted by atomic mass is 16.6. The Balaban J connectivity index is 0. The Kier molecular flexibility index (Phi) is 7.98. The van der Waals surface area contributed by atoms with Gasteiger partial charge in [-0.25, -0.2) is 9.59 Å². The maximum absolute atomic E-state index is 10.3. The van der Waals surface area contributed by atoms with Crippen molar-refractivity contribution >= 4 is 23.7 Å². The highest BCUT2D eigenvalue weighted by Crippen LogP contribution is 1.85. The SMILES string of the molecule is CC(=O)C(=O)O.CC(=O)OC(=O)C(C)O. The molecule has 0 saturated heterocycles. The van der Waals surface area contributed by atoms with Crippen molar-refractivity contribution in [2.75, 3.05) is 0 Å². The third kappa shape index (κ3) is 12.2. The van der Waals surface area contributed by atoms with Crippen molar-refractivity contribution < 1.29 is 34.1 Å². The van der Waals surface area contributed by atoms with E-state index in [4.69, 9.17) is 10.2 Å². The number of aliphatic hydroxyl groups is 1. The van der Waals surface area contributed by atoms with Crippen LogP contribution in [0, 0.1) is 0 Å². The number of carbonyl (C=O) groups is 4. The van der Waals surface area contributed by atoms with Gasteiger partial charge in [0.15, 0.2) is 0 Å². The lowest BCUT2D eigenvalue weighted by atomic mass is 10.4. The average molecular weight is 220 g/mol. The summed E-state index contributed by atoms with van der Waals surface area (Å²) in [4.78, 5) is 39.2. The summed E-state index contributed by atoms with van der Waals surface area (Å²) in [6.45, 7) is 3.33. The lowest BCUT2D eigenvalue weighted by Crippen LogP contribution is -2.21. The Hall–Kier alpha value is -1.76. The summed E-state index contributed by atoms with van der Waals surface area (Å²) in [6, 6.07) is 0. The van der Waals surface area contributed by atoms with Crippen LogP contribution < -0.4 is 0 Å². The fraction of sp³-hybridized carbons (Fsp3) is 0.500. The molecule has 0 aromatic carbocycles. The zero-order valence-electron chi connectivity index (χ0n) is 8.51. The molecule has 0 saturated carbocycles. The van der Waals surface area contributed by atoms with Crippen LogP contribution in [0.25, 0.3) is 0 Å². The van der Waals surface area contributed by atoms with E-state index in [2.05, 4.69) is 4.74 Å². The van der Waals surface area contributed by atoms with Gasteiger partial charge in [0.2, 0.25) is 5.78 Å². The van der Waals surface area contributed by atoms with E-state index >= 15 is 0 Å². The number of rotatable bonds is 2. The average Bonchev–Trinajstić information content (AvgIpc) is 2.03. The molecule has 0 rings (SSSR count). The lowest BCUT2D eigenvalue weighted by molar-refractivity contribution is -0.163. The molecule has 0 aromatic rings. The van der Waals surface area contributed by atoms with Gasteiger partial charge in [-0.1, -0.05) is 0 Å². The van der Waals surface area contributed by atoms with E-state index < -0.39 is 29.8 Å². The molecule has 7 nitrogen and oxygen atoms in total. The highest BCUT2D eigenvalue weighted by molar-refractivity contribution is 6.31. The molecule has 0 bridgehead atoms. The zero-order valence-corrected chi connectivity index (χ0v) is 8.51. The van der Waals surface area contributed by atoms with Crippen molar-refractivity contribution in [2.24, 2.45) is 0 Å². The van der Waals surface area contributed by atoms with Crippen molar-refractivity contribution in [3.8, 4) is 0 Å². The Bertz CT molecular complexity index is 254. The molecule has 0 aromatic heterocycles. The molecule has 0 fully saturated rings. The van der Waals surface area contributed by atoms with E-state index in [1.807, 2.05) is 0 Å². The minimum atomic E-state index is -1.38. The van der Waals surface area contributed by atoms with Gasteiger partial charge in [0, 0.05) is 13.8 Å². The van der Waals surface area contributed by atoms with E-state index in [1.54, 1.807) is 0 Å². The van der Waals surface area contributed by atoms with Gasteiger partial charge < -0.3 is 14.9 Å². The summed E-state index contributed by atoms with van der Waals surface area (Å²) in [7, 11) is 0. The van der Waals surface area contributed by atoms with Crippen molar-refractivity contribution in [3.63, 3.8) is 0 Å². The molecule has 0 aliphatic rings. The van der Waals surface area contributed by atoms with Gasteiger partial charge in [-0.05, 0) is 6.92 Å². The second-order valence-electron chi connectivity index (χ2n) is 2.45. The van der Waals surface area contributed by atoms with Gasteiger partial charge in [-0.2, -0.15) is 0 Å². The number of Topliss-reactive ketones (excluding diaryl/α,β-unsaturated/α-hetero) is 1. The third-order valence-electron chi connectivity index (χ3n) is 0.887. The second-order valence-corrected chi connectivity index (χ2v) is 2.45. The van der Waals surface area contributed by atoms with E-state index in [0.29, 0.717) is 0 Å². The Morgan fingerprint density at radius 2 is 1.47 bits per heavy atom. The van der Waals surface area contributed by atoms with Crippen molar-refractivity contribution in [3.05, 3.63) is 0 Å². The second kappa shape index (κ2) is 7.63. The predicted molar refractivity (Wildman–Crippen MR) is 46.8 cm³/mol. The van der Waals surface area contributed by atoms with Gasteiger partial charge in [0.05, 0.1) is 0 Å². The van der Waals surface area contributed by atoms with Crippen LogP contribution in [0.3, 0.4) is 0 Å². The number of aliphatic hydroxyl groups excluding tert-OH is 1. The van der Waals surface area contributed by atoms with E-state index in [0.717, 1.165) is 13.8 Å². The number of carboxylic acids is 1. The number of esters is 2. The van der Waals surface area contributed by atoms with Gasteiger partial charge in [-0.3, -0.25) is 9.59 Å². The van der Waals surface area contributed by atoms with Crippen LogP contribution in [0.15, 0.2) is 0 Å². The number of carboxylic acid groups (broad SMARTS) is 1. The normalized spacial score (nSPS) is 10.4. The summed E-state index contributed by atoms with van der Waals surface area (Å²) < 4.78 is 3.98. The molecule has 15 heavy (non-hydrogen) atoms. The molecule has 1 atom stereocenters. The summed E-state index contributed by atoms with van der Waals surface area (Å²) in [5, 5.41) is 16.1. The molecule has 0 heterocycles. The van der Waals surface area contributed by atoms with Gasteiger partial charge in [0.25, 0.3) is 0 Å². The number of aliphatic carboxylic acids is 1. The Morgan fingerprint density at radius 3 is 1.53 bits per heavy atom. The number of hydrogen-bond donors (Lipinski definition) is 2. The van der Waals surface area contributed by atoms with Crippen LogP contribution in [0.2, 0.25) is 0 Å². The summed E-state index contributed by atoms with van der Waals surface area (Å²) in [5.74, 6) is -3.83. The smallest absolute Gasteiger partial charge is 0.371 e. The fourth-order valence-corrected chi connectivity index (χ4v) is 0.227. The van der Waals surface area contributed by atoms with E-state index in [1.165, 1.54) is 6.92 Å². The van der Waals surface area contributed by atoms with Crippen molar-refractivity contribution in [2.45, 2.75) is 26.9 Å². The van der Waals surface area contributed by atoms with Gasteiger partial charge >= 0.3 is 17.9 Å². The number of ether oxygens (including phenoxy) is 1. The lowest BCUT2D eigenvalue weighted by Gasteiger charge is -1.99. The number of hydrogen-bond acceptors (Lipinski definition) is 6. The van der Waals surface area contributed by atoms with E-state index in [-0.39, 0.29) is 0 Å². The molecule has 0 aliphatic heterocycles. The van der Waals surface area contributed by atoms with Crippen molar-refractivity contribution in [1.82, 2.24) is 0 Å². The molecule has 2 N–H and O–H groups in total. The largest absolute Gasteiger partial charge is 0.476 e. The van der Waals surface area contributed by atoms with Gasteiger partial charge in [0.1, 0.15) is 6.10 Å². The quantitative estimate of drug-likeness (QED) is 0.352.